The average molecular weight is 235 g/mol. The molecule has 0 bridgehead atoms. The number of carbonyl (C=O) groups is 1. The Kier molecular flexibility index (Phi) is 5.71. The van der Waals surface area contributed by atoms with E-state index in [0.29, 0.717) is 37.4 Å². The number of carbonyl (C=O) groups excluding carboxylic acids is 1. The monoisotopic (exact) mass is 235 g/mol. The first-order chi connectivity index (χ1) is 8.24. The molecule has 0 aromatic heterocycles. The van der Waals surface area contributed by atoms with Gasteiger partial charge < -0.3 is 10.2 Å². The van der Waals surface area contributed by atoms with Gasteiger partial charge in [0.1, 0.15) is 5.71 Å². The van der Waals surface area contributed by atoms with E-state index in [2.05, 4.69) is 10.5 Å². The molecular weight excluding hydrogens is 218 g/mol. The van der Waals surface area contributed by atoms with Crippen molar-refractivity contribution in [2.45, 2.75) is 19.8 Å². The van der Waals surface area contributed by atoms with E-state index in [9.17, 15) is 4.79 Å². The van der Waals surface area contributed by atoms with Crippen molar-refractivity contribution in [2.24, 2.45) is 5.10 Å². The highest BCUT2D eigenvalue weighted by atomic mass is 16.5. The molecule has 0 aromatic rings. The minimum Gasteiger partial charge on any atom is -0.466 e. The summed E-state index contributed by atoms with van der Waals surface area (Å²) in [5, 5.41) is 11.6. The van der Waals surface area contributed by atoms with Crippen LogP contribution in [0.1, 0.15) is 19.8 Å². The lowest BCUT2D eigenvalue weighted by Gasteiger charge is -2.05. The quantitative estimate of drug-likeness (QED) is 0.316. The van der Waals surface area contributed by atoms with Crippen molar-refractivity contribution in [1.29, 1.82) is 5.41 Å². The third kappa shape index (κ3) is 5.10. The van der Waals surface area contributed by atoms with Crippen molar-refractivity contribution < 1.29 is 9.53 Å². The number of allylic oxidation sites excluding steroid dienone is 4. The predicted octanol–water partition coefficient (Wildman–Crippen LogP) is 1.42. The molecule has 0 unspecified atom stereocenters. The topological polar surface area (TPSA) is 74.5 Å². The van der Waals surface area contributed by atoms with Gasteiger partial charge in [-0.05, 0) is 25.5 Å². The number of nitrogens with zero attached hydrogens (tertiary/aromatic N) is 1. The van der Waals surface area contributed by atoms with Crippen molar-refractivity contribution in [2.75, 3.05) is 13.2 Å². The van der Waals surface area contributed by atoms with Crippen LogP contribution in [0.25, 0.3) is 0 Å². The van der Waals surface area contributed by atoms with Gasteiger partial charge in [0.15, 0.2) is 0 Å². The highest BCUT2D eigenvalue weighted by Gasteiger charge is 2.03. The molecule has 0 heterocycles. The van der Waals surface area contributed by atoms with E-state index >= 15 is 0 Å². The lowest BCUT2D eigenvalue weighted by molar-refractivity contribution is -0.143. The molecule has 0 saturated heterocycles. The second-order valence-electron chi connectivity index (χ2n) is 3.45. The number of hydrogen-bond donors (Lipinski definition) is 2. The second-order valence-corrected chi connectivity index (χ2v) is 3.45. The number of rotatable bonds is 6. The van der Waals surface area contributed by atoms with E-state index < -0.39 is 0 Å². The number of esters is 1. The maximum atomic E-state index is 11.0. The third-order valence-electron chi connectivity index (χ3n) is 2.08. The summed E-state index contributed by atoms with van der Waals surface area (Å²) in [6.07, 6.45) is 8.13. The zero-order valence-corrected chi connectivity index (χ0v) is 9.90. The van der Waals surface area contributed by atoms with Crippen LogP contribution in [-0.2, 0) is 9.53 Å². The molecule has 0 radical (unpaired) electrons. The summed E-state index contributed by atoms with van der Waals surface area (Å²) in [5.74, 6) is -0.185. The Hall–Kier alpha value is -1.91. The van der Waals surface area contributed by atoms with Crippen LogP contribution in [0, 0.1) is 5.41 Å². The van der Waals surface area contributed by atoms with Crippen molar-refractivity contribution in [1.82, 2.24) is 5.43 Å². The van der Waals surface area contributed by atoms with Crippen molar-refractivity contribution in [3.8, 4) is 0 Å². The molecule has 5 nitrogen and oxygen atoms in total. The number of hydrogen-bond acceptors (Lipinski definition) is 5. The van der Waals surface area contributed by atoms with Gasteiger partial charge >= 0.3 is 5.97 Å². The third-order valence-corrected chi connectivity index (χ3v) is 2.08. The SMILES string of the molecule is CCOC(=O)CCCN/N=C1/C=CC=CC1=N. The van der Waals surface area contributed by atoms with Crippen LogP contribution in [0.3, 0.4) is 0 Å². The summed E-state index contributed by atoms with van der Waals surface area (Å²) in [6.45, 7) is 2.80. The Labute approximate surface area is 101 Å². The van der Waals surface area contributed by atoms with E-state index in [1.807, 2.05) is 6.08 Å². The summed E-state index contributed by atoms with van der Waals surface area (Å²) in [4.78, 5) is 11.0. The summed E-state index contributed by atoms with van der Waals surface area (Å²) >= 11 is 0. The molecule has 1 rings (SSSR count). The van der Waals surface area contributed by atoms with E-state index in [1.54, 1.807) is 25.2 Å². The van der Waals surface area contributed by atoms with Gasteiger partial charge in [0.2, 0.25) is 0 Å². The van der Waals surface area contributed by atoms with Gasteiger partial charge in [0, 0.05) is 13.0 Å². The summed E-state index contributed by atoms with van der Waals surface area (Å²) < 4.78 is 4.80. The number of nitrogens with one attached hydrogen (secondary N) is 2. The molecule has 0 aliphatic heterocycles. The molecule has 17 heavy (non-hydrogen) atoms. The molecule has 0 spiro atoms. The first-order valence-corrected chi connectivity index (χ1v) is 5.64. The Bertz CT molecular complexity index is 370. The molecule has 1 aliphatic rings. The second kappa shape index (κ2) is 7.38. The normalized spacial score (nSPS) is 16.3. The van der Waals surface area contributed by atoms with Crippen molar-refractivity contribution in [3.05, 3.63) is 24.3 Å². The summed E-state index contributed by atoms with van der Waals surface area (Å²) in [5.41, 5.74) is 3.82. The highest BCUT2D eigenvalue weighted by molar-refractivity contribution is 6.49. The Balaban J connectivity index is 2.17. The van der Waals surface area contributed by atoms with E-state index in [1.165, 1.54) is 0 Å². The molecule has 1 aliphatic carbocycles. The standard InChI is InChI=1S/C12H17N3O2/c1-2-17-12(16)8-5-9-14-15-11-7-4-3-6-10(11)13/h3-4,6-7,13-14H,2,5,8-9H2,1H3/b13-10?,15-11-. The maximum absolute atomic E-state index is 11.0. The molecule has 0 amide bonds. The van der Waals surface area contributed by atoms with Gasteiger partial charge in [-0.15, -0.1) is 0 Å². The van der Waals surface area contributed by atoms with E-state index in [-0.39, 0.29) is 5.97 Å². The zero-order chi connectivity index (χ0) is 12.5. The van der Waals surface area contributed by atoms with Crippen molar-refractivity contribution >= 4 is 17.4 Å². The zero-order valence-electron chi connectivity index (χ0n) is 9.90. The predicted molar refractivity (Wildman–Crippen MR) is 67.3 cm³/mol. The van der Waals surface area contributed by atoms with Crippen LogP contribution in [-0.4, -0.2) is 30.5 Å². The van der Waals surface area contributed by atoms with Crippen LogP contribution < -0.4 is 5.43 Å². The summed E-state index contributed by atoms with van der Waals surface area (Å²) in [7, 11) is 0. The van der Waals surface area contributed by atoms with Crippen LogP contribution >= 0.6 is 0 Å². The largest absolute Gasteiger partial charge is 0.466 e. The first-order valence-electron chi connectivity index (χ1n) is 5.64. The number of hydrazone groups is 1. The van der Waals surface area contributed by atoms with Crippen LogP contribution in [0.15, 0.2) is 29.4 Å². The van der Waals surface area contributed by atoms with Gasteiger partial charge in [-0.25, -0.2) is 0 Å². The fourth-order valence-electron chi connectivity index (χ4n) is 1.26. The smallest absolute Gasteiger partial charge is 0.305 e. The Morgan fingerprint density at radius 3 is 2.94 bits per heavy atom. The minimum absolute atomic E-state index is 0.185. The first kappa shape index (κ1) is 13.2. The molecule has 92 valence electrons. The van der Waals surface area contributed by atoms with Gasteiger partial charge in [0.05, 0.1) is 12.3 Å². The van der Waals surface area contributed by atoms with Crippen LogP contribution in [0.4, 0.5) is 0 Å². The van der Waals surface area contributed by atoms with Gasteiger partial charge in [-0.3, -0.25) is 10.2 Å². The molecular formula is C12H17N3O2. The average Bonchev–Trinajstić information content (AvgIpc) is 2.31. The molecule has 0 saturated carbocycles. The Morgan fingerprint density at radius 1 is 1.47 bits per heavy atom. The van der Waals surface area contributed by atoms with Crippen LogP contribution in [0.2, 0.25) is 0 Å². The minimum atomic E-state index is -0.185. The molecule has 0 atom stereocenters. The fraction of sp³-hybridized carbons (Fsp3) is 0.417. The molecule has 0 aromatic carbocycles. The van der Waals surface area contributed by atoms with Gasteiger partial charge in [-0.2, -0.15) is 5.10 Å². The van der Waals surface area contributed by atoms with E-state index in [4.69, 9.17) is 10.1 Å². The lowest BCUT2D eigenvalue weighted by Crippen LogP contribution is -2.17. The lowest BCUT2D eigenvalue weighted by atomic mass is 10.1. The van der Waals surface area contributed by atoms with Crippen molar-refractivity contribution in [3.63, 3.8) is 0 Å². The summed E-state index contributed by atoms with van der Waals surface area (Å²) in [6, 6.07) is 0. The van der Waals surface area contributed by atoms with Gasteiger partial charge in [0.25, 0.3) is 0 Å². The van der Waals surface area contributed by atoms with Gasteiger partial charge in [-0.1, -0.05) is 12.2 Å². The highest BCUT2D eigenvalue weighted by Crippen LogP contribution is 1.96. The fourth-order valence-corrected chi connectivity index (χ4v) is 1.26. The van der Waals surface area contributed by atoms with E-state index in [0.717, 1.165) is 0 Å². The Morgan fingerprint density at radius 2 is 2.24 bits per heavy atom. The molecule has 5 heteroatoms. The maximum Gasteiger partial charge on any atom is 0.305 e. The number of ether oxygens (including phenoxy) is 1. The molecule has 0 fully saturated rings. The van der Waals surface area contributed by atoms with Crippen LogP contribution in [0.5, 0.6) is 0 Å². The molecule has 2 N–H and O–H groups in total.